The number of carbonyl (C=O) groups is 1. The van der Waals surface area contributed by atoms with Crippen LogP contribution in [0.4, 0.5) is 0 Å². The molecule has 3 rings (SSSR count). The fraction of sp³-hybridized carbons (Fsp3) is 0.938. The van der Waals surface area contributed by atoms with E-state index in [-0.39, 0.29) is 5.97 Å². The van der Waals surface area contributed by atoms with Gasteiger partial charge in [0.2, 0.25) is 0 Å². The molecule has 20 heavy (non-hydrogen) atoms. The molecule has 3 fully saturated rings. The molecule has 1 N–H and O–H groups in total. The molecular formula is C16H28N2O2. The zero-order chi connectivity index (χ0) is 14.2. The summed E-state index contributed by atoms with van der Waals surface area (Å²) in [6, 6.07) is 1.61. The largest absolute Gasteiger partial charge is 0.465 e. The van der Waals surface area contributed by atoms with Gasteiger partial charge in [-0.2, -0.15) is 0 Å². The lowest BCUT2D eigenvalue weighted by Crippen LogP contribution is -2.63. The summed E-state index contributed by atoms with van der Waals surface area (Å²) < 4.78 is 5.43. The fourth-order valence-electron chi connectivity index (χ4n) is 4.54. The van der Waals surface area contributed by atoms with Crippen molar-refractivity contribution < 1.29 is 9.53 Å². The minimum absolute atomic E-state index is 0.00287. The van der Waals surface area contributed by atoms with Gasteiger partial charge in [-0.1, -0.05) is 12.8 Å². The van der Waals surface area contributed by atoms with Gasteiger partial charge in [0.25, 0.3) is 0 Å². The van der Waals surface area contributed by atoms with Crippen molar-refractivity contribution in [1.29, 1.82) is 0 Å². The summed E-state index contributed by atoms with van der Waals surface area (Å²) in [7, 11) is 2.22. The highest BCUT2D eigenvalue weighted by atomic mass is 16.5. The first-order valence-electron chi connectivity index (χ1n) is 8.31. The van der Waals surface area contributed by atoms with Gasteiger partial charge in [-0.15, -0.1) is 0 Å². The molecule has 0 spiro atoms. The molecule has 2 saturated heterocycles. The average Bonchev–Trinajstić information content (AvgIpc) is 2.98. The van der Waals surface area contributed by atoms with Crippen LogP contribution in [0.3, 0.4) is 0 Å². The van der Waals surface area contributed by atoms with E-state index in [1.165, 1.54) is 38.5 Å². The van der Waals surface area contributed by atoms with Crippen molar-refractivity contribution in [2.75, 3.05) is 13.7 Å². The van der Waals surface area contributed by atoms with E-state index in [1.807, 2.05) is 6.92 Å². The number of rotatable bonds is 4. The first kappa shape index (κ1) is 14.3. The van der Waals surface area contributed by atoms with Crippen LogP contribution >= 0.6 is 0 Å². The number of ether oxygens (including phenoxy) is 1. The number of hydrogen-bond acceptors (Lipinski definition) is 4. The monoisotopic (exact) mass is 280 g/mol. The zero-order valence-corrected chi connectivity index (χ0v) is 12.9. The van der Waals surface area contributed by atoms with Crippen LogP contribution in [0.25, 0.3) is 0 Å². The van der Waals surface area contributed by atoms with Crippen molar-refractivity contribution in [3.05, 3.63) is 0 Å². The molecule has 0 amide bonds. The molecule has 0 aromatic rings. The summed E-state index contributed by atoms with van der Waals surface area (Å²) in [5.74, 6) is -0.00287. The van der Waals surface area contributed by atoms with Gasteiger partial charge in [-0.3, -0.25) is 10.1 Å². The highest BCUT2D eigenvalue weighted by molar-refractivity contribution is 5.81. The van der Waals surface area contributed by atoms with Gasteiger partial charge in [0.15, 0.2) is 0 Å². The third-order valence-corrected chi connectivity index (χ3v) is 5.65. The van der Waals surface area contributed by atoms with E-state index < -0.39 is 5.54 Å². The Kier molecular flexibility index (Phi) is 4.04. The van der Waals surface area contributed by atoms with E-state index in [9.17, 15) is 4.79 Å². The maximum absolute atomic E-state index is 12.6. The Morgan fingerprint density at radius 1 is 1.20 bits per heavy atom. The number of nitrogens with zero attached hydrogens (tertiary/aromatic N) is 1. The Morgan fingerprint density at radius 2 is 1.80 bits per heavy atom. The van der Waals surface area contributed by atoms with Crippen molar-refractivity contribution in [2.45, 2.75) is 82.0 Å². The number of hydrogen-bond donors (Lipinski definition) is 1. The predicted octanol–water partition coefficient (Wildman–Crippen LogP) is 2.08. The first-order valence-corrected chi connectivity index (χ1v) is 8.31. The zero-order valence-electron chi connectivity index (χ0n) is 12.9. The molecule has 0 aromatic carbocycles. The SMILES string of the molecule is CCOC(=O)C1(NC2CCCC2)CC2CCC(C1)N2C. The van der Waals surface area contributed by atoms with E-state index in [0.29, 0.717) is 24.7 Å². The summed E-state index contributed by atoms with van der Waals surface area (Å²) >= 11 is 0. The maximum Gasteiger partial charge on any atom is 0.326 e. The second kappa shape index (κ2) is 5.64. The molecular weight excluding hydrogens is 252 g/mol. The first-order chi connectivity index (χ1) is 9.64. The summed E-state index contributed by atoms with van der Waals surface area (Å²) in [6.07, 6.45) is 9.33. The van der Waals surface area contributed by atoms with E-state index in [2.05, 4.69) is 17.3 Å². The van der Waals surface area contributed by atoms with E-state index in [1.54, 1.807) is 0 Å². The quantitative estimate of drug-likeness (QED) is 0.801. The lowest BCUT2D eigenvalue weighted by molar-refractivity contribution is -0.155. The van der Waals surface area contributed by atoms with Gasteiger partial charge < -0.3 is 9.64 Å². The predicted molar refractivity (Wildman–Crippen MR) is 78.6 cm³/mol. The summed E-state index contributed by atoms with van der Waals surface area (Å²) in [6.45, 7) is 2.39. The average molecular weight is 280 g/mol. The number of nitrogens with one attached hydrogen (secondary N) is 1. The van der Waals surface area contributed by atoms with Crippen LogP contribution in [0.2, 0.25) is 0 Å². The summed E-state index contributed by atoms with van der Waals surface area (Å²) in [5, 5.41) is 3.74. The van der Waals surface area contributed by atoms with Crippen LogP contribution in [0.5, 0.6) is 0 Å². The summed E-state index contributed by atoms with van der Waals surface area (Å²) in [5.41, 5.74) is -0.413. The molecule has 3 aliphatic rings. The molecule has 2 aliphatic heterocycles. The molecule has 4 heteroatoms. The molecule has 2 heterocycles. The Morgan fingerprint density at radius 3 is 2.35 bits per heavy atom. The van der Waals surface area contributed by atoms with Gasteiger partial charge in [0.1, 0.15) is 5.54 Å². The van der Waals surface area contributed by atoms with Crippen molar-refractivity contribution >= 4 is 5.97 Å². The maximum atomic E-state index is 12.6. The van der Waals surface area contributed by atoms with Crippen LogP contribution in [0, 0.1) is 0 Å². The second-order valence-electron chi connectivity index (χ2n) is 6.89. The minimum atomic E-state index is -0.413. The molecule has 2 unspecified atom stereocenters. The van der Waals surface area contributed by atoms with Gasteiger partial charge in [-0.25, -0.2) is 0 Å². The lowest BCUT2D eigenvalue weighted by Gasteiger charge is -2.45. The minimum Gasteiger partial charge on any atom is -0.465 e. The van der Waals surface area contributed by atoms with Crippen LogP contribution in [0.1, 0.15) is 58.3 Å². The molecule has 2 bridgehead atoms. The summed E-state index contributed by atoms with van der Waals surface area (Å²) in [4.78, 5) is 15.1. The van der Waals surface area contributed by atoms with Gasteiger partial charge >= 0.3 is 5.97 Å². The van der Waals surface area contributed by atoms with Crippen molar-refractivity contribution in [3.63, 3.8) is 0 Å². The Balaban J connectivity index is 1.78. The molecule has 1 aliphatic carbocycles. The molecule has 4 nitrogen and oxygen atoms in total. The normalized spacial score (nSPS) is 38.3. The van der Waals surface area contributed by atoms with Crippen molar-refractivity contribution in [3.8, 4) is 0 Å². The second-order valence-corrected chi connectivity index (χ2v) is 6.89. The number of piperidine rings is 1. The highest BCUT2D eigenvalue weighted by Gasteiger charge is 2.52. The van der Waals surface area contributed by atoms with E-state index in [4.69, 9.17) is 4.74 Å². The fourth-order valence-corrected chi connectivity index (χ4v) is 4.54. The lowest BCUT2D eigenvalue weighted by atomic mass is 9.82. The number of esters is 1. The van der Waals surface area contributed by atoms with Gasteiger partial charge in [0.05, 0.1) is 6.61 Å². The van der Waals surface area contributed by atoms with Crippen LogP contribution in [-0.4, -0.2) is 48.2 Å². The van der Waals surface area contributed by atoms with Gasteiger partial charge in [-0.05, 0) is 52.5 Å². The highest BCUT2D eigenvalue weighted by Crippen LogP contribution is 2.41. The van der Waals surface area contributed by atoms with Gasteiger partial charge in [0, 0.05) is 18.1 Å². The Bertz CT molecular complexity index is 351. The van der Waals surface area contributed by atoms with Crippen molar-refractivity contribution in [2.24, 2.45) is 0 Å². The number of fused-ring (bicyclic) bond motifs is 2. The molecule has 114 valence electrons. The smallest absolute Gasteiger partial charge is 0.326 e. The van der Waals surface area contributed by atoms with Crippen molar-refractivity contribution in [1.82, 2.24) is 10.2 Å². The van der Waals surface area contributed by atoms with Crippen LogP contribution in [0.15, 0.2) is 0 Å². The third-order valence-electron chi connectivity index (χ3n) is 5.65. The molecule has 0 aromatic heterocycles. The Labute approximate surface area is 122 Å². The van der Waals surface area contributed by atoms with E-state index in [0.717, 1.165) is 12.8 Å². The van der Waals surface area contributed by atoms with Crippen LogP contribution in [-0.2, 0) is 9.53 Å². The van der Waals surface area contributed by atoms with E-state index >= 15 is 0 Å². The molecule has 1 saturated carbocycles. The topological polar surface area (TPSA) is 41.6 Å². The molecule has 2 atom stereocenters. The Hall–Kier alpha value is -0.610. The third kappa shape index (κ3) is 2.48. The number of carbonyl (C=O) groups excluding carboxylic acids is 1. The van der Waals surface area contributed by atoms with Crippen LogP contribution < -0.4 is 5.32 Å². The molecule has 0 radical (unpaired) electrons. The standard InChI is InChI=1S/C16H28N2O2/c1-3-20-15(19)16(17-12-6-4-5-7-12)10-13-8-9-14(11-16)18(13)2/h12-14,17H,3-11H2,1-2H3.